The highest BCUT2D eigenvalue weighted by Gasteiger charge is 2.31. The second-order valence-corrected chi connectivity index (χ2v) is 4.05. The van der Waals surface area contributed by atoms with Gasteiger partial charge in [0.25, 0.3) is 0 Å². The summed E-state index contributed by atoms with van der Waals surface area (Å²) < 4.78 is 37.7. The molecule has 0 spiro atoms. The zero-order valence-electron chi connectivity index (χ0n) is 8.54. The maximum absolute atomic E-state index is 12.6. The molecule has 1 aromatic carbocycles. The number of rotatable bonds is 1. The maximum Gasteiger partial charge on any atom is 0.416 e. The highest BCUT2D eigenvalue weighted by atomic mass is 35.5. The fourth-order valence-electron chi connectivity index (χ4n) is 1.31. The van der Waals surface area contributed by atoms with E-state index in [2.05, 4.69) is 15.2 Å². The molecule has 0 radical (unpaired) electrons. The van der Waals surface area contributed by atoms with E-state index in [0.717, 1.165) is 18.2 Å². The average Bonchev–Trinajstić information content (AvgIpc) is 2.28. The molecule has 0 aliphatic rings. The minimum atomic E-state index is -4.45. The predicted octanol–water partition coefficient (Wildman–Crippen LogP) is 3.86. The van der Waals surface area contributed by atoms with E-state index in [-0.39, 0.29) is 21.6 Å². The Morgan fingerprint density at radius 1 is 1.11 bits per heavy atom. The lowest BCUT2D eigenvalue weighted by Gasteiger charge is -2.09. The standard InChI is InChI=1S/C10H4Cl2F3N3/c11-7-2-1-5(10(13,14)15)3-6(7)8-4-16-18-9(12)17-8/h1-4H. The van der Waals surface area contributed by atoms with Crippen molar-refractivity contribution in [1.82, 2.24) is 15.2 Å². The molecular weight excluding hydrogens is 290 g/mol. The largest absolute Gasteiger partial charge is 0.416 e. The van der Waals surface area contributed by atoms with Gasteiger partial charge < -0.3 is 0 Å². The Labute approximate surface area is 110 Å². The molecule has 0 N–H and O–H groups in total. The first-order chi connectivity index (χ1) is 8.38. The number of halogens is 5. The van der Waals surface area contributed by atoms with Crippen molar-refractivity contribution in [1.29, 1.82) is 0 Å². The molecule has 0 saturated heterocycles. The molecule has 94 valence electrons. The van der Waals surface area contributed by atoms with Crippen LogP contribution >= 0.6 is 23.2 Å². The normalized spacial score (nSPS) is 11.6. The van der Waals surface area contributed by atoms with Gasteiger partial charge in [-0.15, -0.1) is 5.10 Å². The number of benzene rings is 1. The number of hydrogen-bond acceptors (Lipinski definition) is 3. The average molecular weight is 294 g/mol. The minimum Gasteiger partial charge on any atom is -0.215 e. The van der Waals surface area contributed by atoms with Crippen molar-refractivity contribution >= 4 is 23.2 Å². The quantitative estimate of drug-likeness (QED) is 0.801. The second-order valence-electron chi connectivity index (χ2n) is 3.30. The van der Waals surface area contributed by atoms with Crippen molar-refractivity contribution in [3.05, 3.63) is 40.3 Å². The molecule has 0 fully saturated rings. The van der Waals surface area contributed by atoms with E-state index in [9.17, 15) is 13.2 Å². The molecule has 0 aliphatic heterocycles. The molecule has 8 heteroatoms. The van der Waals surface area contributed by atoms with Gasteiger partial charge in [-0.1, -0.05) is 11.6 Å². The van der Waals surface area contributed by atoms with E-state index in [1.54, 1.807) is 0 Å². The molecule has 18 heavy (non-hydrogen) atoms. The summed E-state index contributed by atoms with van der Waals surface area (Å²) >= 11 is 11.4. The van der Waals surface area contributed by atoms with Crippen LogP contribution in [-0.2, 0) is 6.18 Å². The van der Waals surface area contributed by atoms with Crippen LogP contribution in [0.1, 0.15) is 5.56 Å². The van der Waals surface area contributed by atoms with Crippen LogP contribution in [0.2, 0.25) is 10.3 Å². The van der Waals surface area contributed by atoms with Crippen molar-refractivity contribution in [3.63, 3.8) is 0 Å². The Bertz CT molecular complexity index is 587. The van der Waals surface area contributed by atoms with E-state index >= 15 is 0 Å². The van der Waals surface area contributed by atoms with E-state index in [1.807, 2.05) is 0 Å². The van der Waals surface area contributed by atoms with Crippen LogP contribution in [-0.4, -0.2) is 15.2 Å². The van der Waals surface area contributed by atoms with Crippen molar-refractivity contribution in [2.45, 2.75) is 6.18 Å². The minimum absolute atomic E-state index is 0.100. The number of alkyl halides is 3. The van der Waals surface area contributed by atoms with Crippen molar-refractivity contribution in [3.8, 4) is 11.3 Å². The molecule has 2 aromatic rings. The molecular formula is C10H4Cl2F3N3. The molecule has 2 rings (SSSR count). The van der Waals surface area contributed by atoms with Crippen LogP contribution in [0, 0.1) is 0 Å². The summed E-state index contributed by atoms with van der Waals surface area (Å²) in [6, 6.07) is 2.93. The van der Waals surface area contributed by atoms with Crippen molar-refractivity contribution < 1.29 is 13.2 Å². The summed E-state index contributed by atoms with van der Waals surface area (Å²) in [5.41, 5.74) is -0.592. The first-order valence-electron chi connectivity index (χ1n) is 4.60. The lowest BCUT2D eigenvalue weighted by Crippen LogP contribution is -2.05. The Hall–Kier alpha value is -1.40. The summed E-state index contributed by atoms with van der Waals surface area (Å²) in [7, 11) is 0. The molecule has 0 aliphatic carbocycles. The van der Waals surface area contributed by atoms with Crippen LogP contribution in [0.5, 0.6) is 0 Å². The Morgan fingerprint density at radius 2 is 1.83 bits per heavy atom. The number of hydrogen-bond donors (Lipinski definition) is 0. The van der Waals surface area contributed by atoms with Gasteiger partial charge in [-0.2, -0.15) is 18.3 Å². The van der Waals surface area contributed by atoms with Crippen LogP contribution in [0.25, 0.3) is 11.3 Å². The summed E-state index contributed by atoms with van der Waals surface area (Å²) in [4.78, 5) is 3.77. The number of nitrogens with zero attached hydrogens (tertiary/aromatic N) is 3. The Morgan fingerprint density at radius 3 is 2.44 bits per heavy atom. The zero-order valence-corrected chi connectivity index (χ0v) is 10.1. The van der Waals surface area contributed by atoms with E-state index in [0.29, 0.717) is 0 Å². The Balaban J connectivity index is 2.57. The molecule has 0 amide bonds. The van der Waals surface area contributed by atoms with Crippen LogP contribution in [0.3, 0.4) is 0 Å². The van der Waals surface area contributed by atoms with Gasteiger partial charge >= 0.3 is 6.18 Å². The molecule has 1 aromatic heterocycles. The van der Waals surface area contributed by atoms with Gasteiger partial charge in [0.05, 0.1) is 22.5 Å². The van der Waals surface area contributed by atoms with E-state index in [1.165, 1.54) is 6.20 Å². The van der Waals surface area contributed by atoms with Crippen LogP contribution in [0.15, 0.2) is 24.4 Å². The highest BCUT2D eigenvalue weighted by Crippen LogP contribution is 2.35. The topological polar surface area (TPSA) is 38.7 Å². The van der Waals surface area contributed by atoms with Crippen molar-refractivity contribution in [2.24, 2.45) is 0 Å². The Kier molecular flexibility index (Phi) is 3.41. The molecule has 0 bridgehead atoms. The van der Waals surface area contributed by atoms with Gasteiger partial charge in [0.15, 0.2) is 0 Å². The molecule has 0 saturated carbocycles. The SMILES string of the molecule is FC(F)(F)c1ccc(Cl)c(-c2cnnc(Cl)n2)c1. The lowest BCUT2D eigenvalue weighted by atomic mass is 10.1. The summed E-state index contributed by atoms with van der Waals surface area (Å²) in [5, 5.41) is 6.87. The lowest BCUT2D eigenvalue weighted by molar-refractivity contribution is -0.137. The predicted molar refractivity (Wildman–Crippen MR) is 60.3 cm³/mol. The van der Waals surface area contributed by atoms with E-state index < -0.39 is 11.7 Å². The maximum atomic E-state index is 12.6. The van der Waals surface area contributed by atoms with Gasteiger partial charge in [0, 0.05) is 5.56 Å². The van der Waals surface area contributed by atoms with Crippen LogP contribution in [0.4, 0.5) is 13.2 Å². The van der Waals surface area contributed by atoms with Crippen molar-refractivity contribution in [2.75, 3.05) is 0 Å². The monoisotopic (exact) mass is 293 g/mol. The summed E-state index contributed by atoms with van der Waals surface area (Å²) in [6.07, 6.45) is -3.27. The molecule has 3 nitrogen and oxygen atoms in total. The third kappa shape index (κ3) is 2.70. The zero-order chi connectivity index (χ0) is 13.3. The third-order valence-electron chi connectivity index (χ3n) is 2.10. The van der Waals surface area contributed by atoms with Crippen LogP contribution < -0.4 is 0 Å². The van der Waals surface area contributed by atoms with Gasteiger partial charge in [-0.3, -0.25) is 0 Å². The third-order valence-corrected chi connectivity index (χ3v) is 2.59. The summed E-state index contributed by atoms with van der Waals surface area (Å²) in [6.45, 7) is 0. The molecule has 0 unspecified atom stereocenters. The molecule has 0 atom stereocenters. The summed E-state index contributed by atoms with van der Waals surface area (Å²) in [5.74, 6) is 0. The first kappa shape index (κ1) is 13.0. The fourth-order valence-corrected chi connectivity index (χ4v) is 1.66. The van der Waals surface area contributed by atoms with E-state index in [4.69, 9.17) is 23.2 Å². The first-order valence-corrected chi connectivity index (χ1v) is 5.36. The van der Waals surface area contributed by atoms with Gasteiger partial charge in [0.2, 0.25) is 5.28 Å². The molecule has 1 heterocycles. The smallest absolute Gasteiger partial charge is 0.215 e. The van der Waals surface area contributed by atoms with Gasteiger partial charge in [0.1, 0.15) is 0 Å². The highest BCUT2D eigenvalue weighted by molar-refractivity contribution is 6.33. The fraction of sp³-hybridized carbons (Fsp3) is 0.100. The second kappa shape index (κ2) is 4.70. The number of aromatic nitrogens is 3. The van der Waals surface area contributed by atoms with Gasteiger partial charge in [-0.05, 0) is 29.8 Å². The van der Waals surface area contributed by atoms with Gasteiger partial charge in [-0.25, -0.2) is 4.98 Å².